The molecule has 0 radical (unpaired) electrons. The van der Waals surface area contributed by atoms with Gasteiger partial charge in [0.05, 0.1) is 30.6 Å². The zero-order valence-corrected chi connectivity index (χ0v) is 13.0. The predicted molar refractivity (Wildman–Crippen MR) is 84.5 cm³/mol. The van der Waals surface area contributed by atoms with Crippen molar-refractivity contribution < 1.29 is 4.74 Å². The average molecular weight is 313 g/mol. The van der Waals surface area contributed by atoms with E-state index in [1.54, 1.807) is 24.5 Å². The Hall–Kier alpha value is -2.28. The van der Waals surface area contributed by atoms with E-state index in [1.165, 1.54) is 4.68 Å². The summed E-state index contributed by atoms with van der Waals surface area (Å²) in [5.41, 5.74) is 1.72. The van der Waals surface area contributed by atoms with E-state index in [2.05, 4.69) is 20.4 Å². The first kappa shape index (κ1) is 14.3. The van der Waals surface area contributed by atoms with Crippen LogP contribution in [0.15, 0.2) is 29.3 Å². The van der Waals surface area contributed by atoms with Crippen molar-refractivity contribution in [2.45, 2.75) is 37.8 Å². The molecule has 1 aliphatic carbocycles. The number of nitrogens with zero attached hydrogens (tertiary/aromatic N) is 4. The van der Waals surface area contributed by atoms with Gasteiger partial charge >= 0.3 is 0 Å². The van der Waals surface area contributed by atoms with Gasteiger partial charge in [0.15, 0.2) is 0 Å². The third-order valence-corrected chi connectivity index (χ3v) is 4.34. The molecular formula is C16H19N5O2. The molecule has 2 atom stereocenters. The first-order valence-corrected chi connectivity index (χ1v) is 7.94. The van der Waals surface area contributed by atoms with Gasteiger partial charge in [-0.3, -0.25) is 9.78 Å². The zero-order valence-electron chi connectivity index (χ0n) is 13.0. The summed E-state index contributed by atoms with van der Waals surface area (Å²) < 4.78 is 7.12. The molecule has 2 aromatic heterocycles. The number of hydrogen-bond acceptors (Lipinski definition) is 6. The van der Waals surface area contributed by atoms with Crippen LogP contribution in [0, 0.1) is 6.92 Å². The van der Waals surface area contributed by atoms with E-state index >= 15 is 0 Å². The quantitative estimate of drug-likeness (QED) is 0.915. The summed E-state index contributed by atoms with van der Waals surface area (Å²) in [6.45, 7) is 2.86. The molecule has 4 rings (SSSR count). The third-order valence-electron chi connectivity index (χ3n) is 4.34. The maximum absolute atomic E-state index is 12.1. The average Bonchev–Trinajstić information content (AvgIpc) is 3.30. The second-order valence-corrected chi connectivity index (χ2v) is 6.18. The predicted octanol–water partition coefficient (Wildman–Crippen LogP) is 1.27. The highest BCUT2D eigenvalue weighted by molar-refractivity contribution is 5.44. The Morgan fingerprint density at radius 2 is 2.04 bits per heavy atom. The highest BCUT2D eigenvalue weighted by atomic mass is 16.5. The Morgan fingerprint density at radius 3 is 2.87 bits per heavy atom. The van der Waals surface area contributed by atoms with Crippen LogP contribution < -0.4 is 10.9 Å². The van der Waals surface area contributed by atoms with Gasteiger partial charge in [0.25, 0.3) is 5.56 Å². The van der Waals surface area contributed by atoms with Crippen molar-refractivity contribution in [1.82, 2.24) is 19.7 Å². The van der Waals surface area contributed by atoms with Gasteiger partial charge in [-0.1, -0.05) is 0 Å². The second kappa shape index (κ2) is 5.73. The fourth-order valence-corrected chi connectivity index (χ4v) is 2.97. The van der Waals surface area contributed by atoms with Crippen LogP contribution in [0.2, 0.25) is 0 Å². The summed E-state index contributed by atoms with van der Waals surface area (Å²) in [5, 5.41) is 7.79. The molecule has 23 heavy (non-hydrogen) atoms. The van der Waals surface area contributed by atoms with Crippen LogP contribution in [0.3, 0.4) is 0 Å². The lowest BCUT2D eigenvalue weighted by molar-refractivity contribution is 0.182. The van der Waals surface area contributed by atoms with Gasteiger partial charge in [-0.05, 0) is 25.8 Å². The minimum atomic E-state index is -0.142. The number of nitrogens with one attached hydrogen (secondary N) is 1. The highest BCUT2D eigenvalue weighted by Gasteiger charge is 2.34. The molecule has 0 spiro atoms. The Balaban J connectivity index is 1.61. The molecule has 1 saturated carbocycles. The van der Waals surface area contributed by atoms with E-state index in [0.717, 1.165) is 30.0 Å². The smallest absolute Gasteiger partial charge is 0.267 e. The Labute approximate surface area is 133 Å². The largest absolute Gasteiger partial charge is 0.377 e. The summed E-state index contributed by atoms with van der Waals surface area (Å²) in [4.78, 5) is 21.0. The van der Waals surface area contributed by atoms with Gasteiger partial charge < -0.3 is 10.1 Å². The lowest BCUT2D eigenvalue weighted by Crippen LogP contribution is -2.37. The maximum atomic E-state index is 12.1. The molecule has 2 unspecified atom stereocenters. The van der Waals surface area contributed by atoms with Crippen LogP contribution in [0.25, 0.3) is 0 Å². The van der Waals surface area contributed by atoms with E-state index in [0.29, 0.717) is 19.1 Å². The summed E-state index contributed by atoms with van der Waals surface area (Å²) >= 11 is 0. The topological polar surface area (TPSA) is 81.9 Å². The van der Waals surface area contributed by atoms with E-state index in [1.807, 2.05) is 6.92 Å². The summed E-state index contributed by atoms with van der Waals surface area (Å²) in [5.74, 6) is 1.31. The van der Waals surface area contributed by atoms with Crippen molar-refractivity contribution in [3.05, 3.63) is 46.3 Å². The maximum Gasteiger partial charge on any atom is 0.267 e. The van der Waals surface area contributed by atoms with Crippen LogP contribution >= 0.6 is 0 Å². The molecule has 3 heterocycles. The van der Waals surface area contributed by atoms with Gasteiger partial charge in [0, 0.05) is 24.4 Å². The van der Waals surface area contributed by atoms with Crippen molar-refractivity contribution in [1.29, 1.82) is 0 Å². The summed E-state index contributed by atoms with van der Waals surface area (Å²) in [6.07, 6.45) is 5.75. The fourth-order valence-electron chi connectivity index (χ4n) is 2.97. The Morgan fingerprint density at radius 1 is 1.22 bits per heavy atom. The van der Waals surface area contributed by atoms with Crippen molar-refractivity contribution in [2.24, 2.45) is 0 Å². The molecule has 0 amide bonds. The van der Waals surface area contributed by atoms with E-state index in [-0.39, 0.29) is 17.6 Å². The molecule has 0 bridgehead atoms. The van der Waals surface area contributed by atoms with Crippen LogP contribution in [0.5, 0.6) is 0 Å². The molecule has 120 valence electrons. The number of hydrogen-bond donors (Lipinski definition) is 1. The van der Waals surface area contributed by atoms with Crippen molar-refractivity contribution >= 4 is 5.82 Å². The van der Waals surface area contributed by atoms with Gasteiger partial charge in [-0.15, -0.1) is 0 Å². The summed E-state index contributed by atoms with van der Waals surface area (Å²) in [7, 11) is 0. The second-order valence-electron chi connectivity index (χ2n) is 6.18. The van der Waals surface area contributed by atoms with Crippen LogP contribution in [-0.2, 0) is 4.74 Å². The number of rotatable bonds is 4. The molecule has 1 aliphatic heterocycles. The molecule has 0 aromatic carbocycles. The minimum Gasteiger partial charge on any atom is -0.377 e. The van der Waals surface area contributed by atoms with Gasteiger partial charge in [0.2, 0.25) is 0 Å². The molecule has 2 aliphatic rings. The van der Waals surface area contributed by atoms with Gasteiger partial charge in [-0.25, -0.2) is 9.67 Å². The lowest BCUT2D eigenvalue weighted by atomic mass is 10.1. The molecule has 7 heteroatoms. The van der Waals surface area contributed by atoms with Crippen LogP contribution in [-0.4, -0.2) is 39.0 Å². The number of ether oxygens (including phenoxy) is 1. The molecular weight excluding hydrogens is 294 g/mol. The van der Waals surface area contributed by atoms with E-state index in [4.69, 9.17) is 4.74 Å². The van der Waals surface area contributed by atoms with Crippen molar-refractivity contribution in [2.75, 3.05) is 18.5 Å². The Kier molecular flexibility index (Phi) is 3.57. The molecule has 2 fully saturated rings. The SMILES string of the molecule is Cc1ccc(=O)n(C2COCC2Nc2nccnc2C2CC2)n1. The lowest BCUT2D eigenvalue weighted by Gasteiger charge is -2.21. The fraction of sp³-hybridized carbons (Fsp3) is 0.500. The van der Waals surface area contributed by atoms with E-state index in [9.17, 15) is 4.79 Å². The minimum absolute atomic E-state index is 0.0452. The molecule has 7 nitrogen and oxygen atoms in total. The normalized spacial score (nSPS) is 23.9. The number of anilines is 1. The third kappa shape index (κ3) is 2.84. The first-order chi connectivity index (χ1) is 11.2. The number of aryl methyl sites for hydroxylation is 1. The Bertz CT molecular complexity index is 771. The first-order valence-electron chi connectivity index (χ1n) is 7.94. The monoisotopic (exact) mass is 313 g/mol. The summed E-state index contributed by atoms with van der Waals surface area (Å²) in [6, 6.07) is 3.09. The van der Waals surface area contributed by atoms with Crippen LogP contribution in [0.4, 0.5) is 5.82 Å². The van der Waals surface area contributed by atoms with Gasteiger partial charge in [-0.2, -0.15) is 5.10 Å². The highest BCUT2D eigenvalue weighted by Crippen LogP contribution is 2.41. The van der Waals surface area contributed by atoms with E-state index < -0.39 is 0 Å². The van der Waals surface area contributed by atoms with Crippen molar-refractivity contribution in [3.8, 4) is 0 Å². The zero-order chi connectivity index (χ0) is 15.8. The van der Waals surface area contributed by atoms with Crippen LogP contribution in [0.1, 0.15) is 36.2 Å². The molecule has 1 saturated heterocycles. The van der Waals surface area contributed by atoms with Gasteiger partial charge in [0.1, 0.15) is 11.9 Å². The molecule has 2 aromatic rings. The van der Waals surface area contributed by atoms with Crippen molar-refractivity contribution in [3.63, 3.8) is 0 Å². The standard InChI is InChI=1S/C16H19N5O2/c1-10-2-5-14(22)21(20-10)13-9-23-8-12(13)19-16-15(11-3-4-11)17-6-7-18-16/h2,5-7,11-13H,3-4,8-9H2,1H3,(H,18,19). The number of aromatic nitrogens is 4. The molecule has 1 N–H and O–H groups in total.